The molecule has 0 saturated carbocycles. The van der Waals surface area contributed by atoms with Crippen LogP contribution in [0.25, 0.3) is 0 Å². The van der Waals surface area contributed by atoms with Gasteiger partial charge in [0.15, 0.2) is 5.96 Å². The molecule has 0 spiro atoms. The minimum absolute atomic E-state index is 0. The molecular formula is C26H30IN5O2. The molecule has 1 amide bonds. The van der Waals surface area contributed by atoms with Gasteiger partial charge in [-0.1, -0.05) is 54.6 Å². The summed E-state index contributed by atoms with van der Waals surface area (Å²) in [7, 11) is 0. The number of hydrogen-bond acceptors (Lipinski definition) is 4. The summed E-state index contributed by atoms with van der Waals surface area (Å²) in [6.45, 7) is 4.25. The Bertz CT molecular complexity index is 1110. The number of pyridine rings is 1. The molecule has 2 aromatic carbocycles. The SMILES string of the molecule is CCNC(=NCc1cccnc1OCc1ccccc1)NCC1CC(=O)Nc2ccccc21.I. The predicted molar refractivity (Wildman–Crippen MR) is 146 cm³/mol. The molecule has 0 bridgehead atoms. The number of rotatable bonds is 8. The van der Waals surface area contributed by atoms with E-state index >= 15 is 0 Å². The van der Waals surface area contributed by atoms with Crippen molar-refractivity contribution >= 4 is 41.5 Å². The third kappa shape index (κ3) is 6.93. The van der Waals surface area contributed by atoms with E-state index in [1.807, 2.05) is 67.6 Å². The van der Waals surface area contributed by atoms with Crippen molar-refractivity contribution in [3.63, 3.8) is 0 Å². The van der Waals surface area contributed by atoms with Crippen LogP contribution in [0.15, 0.2) is 77.9 Å². The van der Waals surface area contributed by atoms with E-state index in [2.05, 4.69) is 27.0 Å². The molecule has 1 aliphatic heterocycles. The first-order chi connectivity index (χ1) is 16.2. The zero-order valence-corrected chi connectivity index (χ0v) is 21.5. The number of nitrogens with one attached hydrogen (secondary N) is 3. The van der Waals surface area contributed by atoms with E-state index in [9.17, 15) is 4.79 Å². The van der Waals surface area contributed by atoms with Crippen LogP contribution in [0.5, 0.6) is 5.88 Å². The van der Waals surface area contributed by atoms with E-state index in [0.29, 0.717) is 38.0 Å². The molecule has 1 aromatic heterocycles. The summed E-state index contributed by atoms with van der Waals surface area (Å²) < 4.78 is 5.96. The third-order valence-electron chi connectivity index (χ3n) is 5.44. The van der Waals surface area contributed by atoms with Gasteiger partial charge in [0, 0.05) is 42.9 Å². The average molecular weight is 571 g/mol. The van der Waals surface area contributed by atoms with Crippen LogP contribution in [0, 0.1) is 0 Å². The number of carbonyl (C=O) groups is 1. The zero-order valence-electron chi connectivity index (χ0n) is 19.2. The predicted octanol–water partition coefficient (Wildman–Crippen LogP) is 4.46. The highest BCUT2D eigenvalue weighted by molar-refractivity contribution is 14.0. The number of fused-ring (bicyclic) bond motifs is 1. The maximum atomic E-state index is 12.1. The molecule has 3 aromatic rings. The van der Waals surface area contributed by atoms with Gasteiger partial charge < -0.3 is 20.7 Å². The fourth-order valence-electron chi connectivity index (χ4n) is 3.81. The summed E-state index contributed by atoms with van der Waals surface area (Å²) in [6.07, 6.45) is 2.17. The molecular weight excluding hydrogens is 541 g/mol. The van der Waals surface area contributed by atoms with Crippen molar-refractivity contribution < 1.29 is 9.53 Å². The van der Waals surface area contributed by atoms with Gasteiger partial charge >= 0.3 is 0 Å². The van der Waals surface area contributed by atoms with E-state index in [4.69, 9.17) is 9.73 Å². The number of halogens is 1. The van der Waals surface area contributed by atoms with E-state index in [0.717, 1.165) is 28.9 Å². The van der Waals surface area contributed by atoms with Gasteiger partial charge in [0.1, 0.15) is 6.61 Å². The molecule has 1 aliphatic rings. The fraction of sp³-hybridized carbons (Fsp3) is 0.269. The Kier molecular flexibility index (Phi) is 9.69. The molecule has 0 aliphatic carbocycles. The van der Waals surface area contributed by atoms with Gasteiger partial charge in [-0.15, -0.1) is 24.0 Å². The highest BCUT2D eigenvalue weighted by Crippen LogP contribution is 2.31. The van der Waals surface area contributed by atoms with Crippen molar-refractivity contribution in [1.29, 1.82) is 0 Å². The standard InChI is InChI=1S/C26H29N5O2.HI/c1-2-27-26(30-17-21-15-24(32)31-23-13-7-6-12-22(21)23)29-16-20-11-8-14-28-25(20)33-18-19-9-4-3-5-10-19;/h3-14,21H,2,15-18H2,1H3,(H,31,32)(H2,27,29,30);1H. The van der Waals surface area contributed by atoms with Gasteiger partial charge in [-0.25, -0.2) is 9.98 Å². The lowest BCUT2D eigenvalue weighted by molar-refractivity contribution is -0.116. The minimum atomic E-state index is 0. The van der Waals surface area contributed by atoms with Gasteiger partial charge in [0.05, 0.1) is 6.54 Å². The molecule has 0 saturated heterocycles. The van der Waals surface area contributed by atoms with E-state index in [-0.39, 0.29) is 35.8 Å². The summed E-state index contributed by atoms with van der Waals surface area (Å²) in [4.78, 5) is 21.2. The van der Waals surface area contributed by atoms with Crippen molar-refractivity contribution in [2.24, 2.45) is 4.99 Å². The van der Waals surface area contributed by atoms with Crippen molar-refractivity contribution in [3.8, 4) is 5.88 Å². The largest absolute Gasteiger partial charge is 0.473 e. The molecule has 3 N–H and O–H groups in total. The zero-order chi connectivity index (χ0) is 22.9. The topological polar surface area (TPSA) is 87.6 Å². The Morgan fingerprint density at radius 2 is 1.88 bits per heavy atom. The number of para-hydroxylation sites is 1. The first-order valence-corrected chi connectivity index (χ1v) is 11.2. The summed E-state index contributed by atoms with van der Waals surface area (Å²) >= 11 is 0. The molecule has 178 valence electrons. The smallest absolute Gasteiger partial charge is 0.225 e. The molecule has 2 heterocycles. The summed E-state index contributed by atoms with van der Waals surface area (Å²) in [5, 5.41) is 9.62. The highest BCUT2D eigenvalue weighted by atomic mass is 127. The number of amides is 1. The van der Waals surface area contributed by atoms with Crippen LogP contribution in [0.1, 0.15) is 36.0 Å². The van der Waals surface area contributed by atoms with Crippen molar-refractivity contribution in [1.82, 2.24) is 15.6 Å². The summed E-state index contributed by atoms with van der Waals surface area (Å²) in [5.41, 5.74) is 4.03. The second-order valence-corrected chi connectivity index (χ2v) is 7.85. The quantitative estimate of drug-likeness (QED) is 0.211. The molecule has 0 radical (unpaired) electrons. The number of ether oxygens (including phenoxy) is 1. The molecule has 8 heteroatoms. The minimum Gasteiger partial charge on any atom is -0.473 e. The lowest BCUT2D eigenvalue weighted by Crippen LogP contribution is -2.40. The number of anilines is 1. The lowest BCUT2D eigenvalue weighted by Gasteiger charge is -2.26. The van der Waals surface area contributed by atoms with Crippen LogP contribution < -0.4 is 20.7 Å². The first kappa shape index (κ1) is 25.5. The summed E-state index contributed by atoms with van der Waals surface area (Å²) in [5.74, 6) is 1.40. The van der Waals surface area contributed by atoms with Crippen LogP contribution >= 0.6 is 24.0 Å². The molecule has 4 rings (SSSR count). The number of aliphatic imine (C=N–C) groups is 1. The number of hydrogen-bond donors (Lipinski definition) is 3. The Balaban J connectivity index is 0.00000324. The third-order valence-corrected chi connectivity index (χ3v) is 5.44. The number of benzene rings is 2. The first-order valence-electron chi connectivity index (χ1n) is 11.2. The van der Waals surface area contributed by atoms with Crippen LogP contribution in [0.3, 0.4) is 0 Å². The second kappa shape index (κ2) is 12.9. The Morgan fingerprint density at radius 1 is 1.09 bits per heavy atom. The highest BCUT2D eigenvalue weighted by Gasteiger charge is 2.24. The van der Waals surface area contributed by atoms with Gasteiger partial charge in [-0.05, 0) is 30.2 Å². The van der Waals surface area contributed by atoms with Crippen LogP contribution in [-0.2, 0) is 17.9 Å². The molecule has 34 heavy (non-hydrogen) atoms. The molecule has 1 unspecified atom stereocenters. The fourth-order valence-corrected chi connectivity index (χ4v) is 3.81. The maximum absolute atomic E-state index is 12.1. The van der Waals surface area contributed by atoms with Crippen LogP contribution in [0.2, 0.25) is 0 Å². The van der Waals surface area contributed by atoms with Crippen molar-refractivity contribution in [3.05, 3.63) is 89.6 Å². The Hall–Kier alpha value is -3.14. The van der Waals surface area contributed by atoms with Gasteiger partial charge in [0.2, 0.25) is 11.8 Å². The molecule has 1 atom stereocenters. The number of guanidine groups is 1. The number of carbonyl (C=O) groups excluding carboxylic acids is 1. The maximum Gasteiger partial charge on any atom is 0.225 e. The number of nitrogens with zero attached hydrogens (tertiary/aromatic N) is 2. The van der Waals surface area contributed by atoms with Crippen molar-refractivity contribution in [2.75, 3.05) is 18.4 Å². The average Bonchev–Trinajstić information content (AvgIpc) is 2.85. The molecule has 0 fully saturated rings. The van der Waals surface area contributed by atoms with Gasteiger partial charge in [-0.3, -0.25) is 4.79 Å². The second-order valence-electron chi connectivity index (χ2n) is 7.85. The van der Waals surface area contributed by atoms with Gasteiger partial charge in [0.25, 0.3) is 0 Å². The van der Waals surface area contributed by atoms with Crippen LogP contribution in [0.4, 0.5) is 5.69 Å². The Labute approximate surface area is 217 Å². The molecule has 7 nitrogen and oxygen atoms in total. The van der Waals surface area contributed by atoms with Gasteiger partial charge in [-0.2, -0.15) is 0 Å². The number of aromatic nitrogens is 1. The lowest BCUT2D eigenvalue weighted by atomic mass is 9.90. The monoisotopic (exact) mass is 571 g/mol. The Morgan fingerprint density at radius 3 is 2.71 bits per heavy atom. The van der Waals surface area contributed by atoms with E-state index in [1.165, 1.54) is 0 Å². The van der Waals surface area contributed by atoms with Crippen molar-refractivity contribution in [2.45, 2.75) is 32.4 Å². The normalized spacial score (nSPS) is 14.9. The van der Waals surface area contributed by atoms with Crippen LogP contribution in [-0.4, -0.2) is 29.9 Å². The summed E-state index contributed by atoms with van der Waals surface area (Å²) in [6, 6.07) is 21.8. The van der Waals surface area contributed by atoms with E-state index < -0.39 is 0 Å². The van der Waals surface area contributed by atoms with E-state index in [1.54, 1.807) is 6.20 Å².